The maximum atomic E-state index is 11.4. The van der Waals surface area contributed by atoms with E-state index in [1.165, 1.54) is 41.3 Å². The minimum absolute atomic E-state index is 0.0498. The molecule has 0 aliphatic heterocycles. The summed E-state index contributed by atoms with van der Waals surface area (Å²) in [7, 11) is 0.628. The summed E-state index contributed by atoms with van der Waals surface area (Å²) in [5.74, 6) is 0.504. The van der Waals surface area contributed by atoms with Gasteiger partial charge in [-0.15, -0.1) is 0 Å². The lowest BCUT2D eigenvalue weighted by Crippen LogP contribution is -2.29. The topological polar surface area (TPSA) is 32.3 Å². The predicted molar refractivity (Wildman–Crippen MR) is 149 cm³/mol. The molecule has 0 aliphatic carbocycles. The zero-order valence-electron chi connectivity index (χ0n) is 22.7. The number of rotatable bonds is 11. The fourth-order valence-electron chi connectivity index (χ4n) is 4.58. The first kappa shape index (κ1) is 27.9. The van der Waals surface area contributed by atoms with Crippen LogP contribution >= 0.6 is 8.58 Å². The smallest absolute Gasteiger partial charge is 0.122 e. The molecule has 0 bridgehead atoms. The standard InChI is InChI=1S/C30H48NOP/c1-10-12-13-17-30(11-2,26-19-25(29(7,8)9)18-23(6)27(26)32)33-28-22(5)15-14-16-24(28)20-31-21(3)4/h14-16,18-19,21,31-33H,10-13,17,20H2,1-9H3. The summed E-state index contributed by atoms with van der Waals surface area (Å²) in [4.78, 5) is 0. The van der Waals surface area contributed by atoms with E-state index in [0.717, 1.165) is 30.5 Å². The van der Waals surface area contributed by atoms with Gasteiger partial charge in [0.2, 0.25) is 0 Å². The van der Waals surface area contributed by atoms with Crippen molar-refractivity contribution in [1.29, 1.82) is 0 Å². The molecular weight excluding hydrogens is 421 g/mol. The number of aromatic hydroxyl groups is 1. The van der Waals surface area contributed by atoms with Crippen molar-refractivity contribution in [3.05, 3.63) is 58.1 Å². The Morgan fingerprint density at radius 2 is 1.70 bits per heavy atom. The van der Waals surface area contributed by atoms with Crippen LogP contribution in [-0.4, -0.2) is 11.1 Å². The van der Waals surface area contributed by atoms with E-state index in [9.17, 15) is 5.11 Å². The van der Waals surface area contributed by atoms with Crippen molar-refractivity contribution in [2.45, 2.75) is 118 Å². The quantitative estimate of drug-likeness (QED) is 0.258. The van der Waals surface area contributed by atoms with E-state index in [1.807, 2.05) is 0 Å². The van der Waals surface area contributed by atoms with E-state index in [2.05, 4.69) is 98.0 Å². The van der Waals surface area contributed by atoms with Gasteiger partial charge in [-0.25, -0.2) is 0 Å². The van der Waals surface area contributed by atoms with Gasteiger partial charge in [-0.2, -0.15) is 0 Å². The van der Waals surface area contributed by atoms with Crippen LogP contribution in [0.3, 0.4) is 0 Å². The van der Waals surface area contributed by atoms with Crippen LogP contribution in [-0.2, 0) is 17.1 Å². The maximum absolute atomic E-state index is 11.4. The van der Waals surface area contributed by atoms with Crippen LogP contribution in [0.2, 0.25) is 0 Å². The molecule has 2 rings (SSSR count). The lowest BCUT2D eigenvalue weighted by molar-refractivity contribution is 0.431. The number of aryl methyl sites for hydroxylation is 2. The second-order valence-electron chi connectivity index (χ2n) is 11.1. The highest BCUT2D eigenvalue weighted by atomic mass is 31.1. The molecule has 0 saturated heterocycles. The fraction of sp³-hybridized carbons (Fsp3) is 0.600. The minimum atomic E-state index is -0.0516. The molecule has 0 radical (unpaired) electrons. The second-order valence-corrected chi connectivity index (χ2v) is 12.8. The average Bonchev–Trinajstić information content (AvgIpc) is 2.74. The third kappa shape index (κ3) is 7.06. The van der Waals surface area contributed by atoms with Crippen LogP contribution in [0.4, 0.5) is 0 Å². The number of unbranched alkanes of at least 4 members (excludes halogenated alkanes) is 2. The molecule has 2 aromatic rings. The summed E-state index contributed by atoms with van der Waals surface area (Å²) < 4.78 is 0. The van der Waals surface area contributed by atoms with Crippen molar-refractivity contribution in [3.63, 3.8) is 0 Å². The Balaban J connectivity index is 2.67. The van der Waals surface area contributed by atoms with Crippen LogP contribution in [0.5, 0.6) is 5.75 Å². The Hall–Kier alpha value is -1.37. The average molecular weight is 470 g/mol. The molecule has 2 atom stereocenters. The minimum Gasteiger partial charge on any atom is -0.507 e. The summed E-state index contributed by atoms with van der Waals surface area (Å²) in [5, 5.41) is 16.4. The van der Waals surface area contributed by atoms with Crippen molar-refractivity contribution in [1.82, 2.24) is 5.32 Å². The highest BCUT2D eigenvalue weighted by Crippen LogP contribution is 2.53. The Morgan fingerprint density at radius 3 is 2.27 bits per heavy atom. The Kier molecular flexibility index (Phi) is 10.0. The number of hydrogen-bond acceptors (Lipinski definition) is 2. The first-order valence-electron chi connectivity index (χ1n) is 12.9. The molecule has 3 heteroatoms. The van der Waals surface area contributed by atoms with Gasteiger partial charge in [0.25, 0.3) is 0 Å². The van der Waals surface area contributed by atoms with Crippen molar-refractivity contribution < 1.29 is 5.11 Å². The van der Waals surface area contributed by atoms with E-state index in [4.69, 9.17) is 0 Å². The van der Waals surface area contributed by atoms with Gasteiger partial charge in [0.1, 0.15) is 5.75 Å². The molecule has 0 saturated carbocycles. The summed E-state index contributed by atoms with van der Waals surface area (Å²) in [5.41, 5.74) is 6.30. The summed E-state index contributed by atoms with van der Waals surface area (Å²) in [6.07, 6.45) is 5.79. The fourth-order valence-corrected chi connectivity index (χ4v) is 6.48. The van der Waals surface area contributed by atoms with Gasteiger partial charge in [-0.1, -0.05) is 107 Å². The number of nitrogens with one attached hydrogen (secondary N) is 1. The van der Waals surface area contributed by atoms with Crippen LogP contribution in [0, 0.1) is 13.8 Å². The molecule has 0 aromatic heterocycles. The van der Waals surface area contributed by atoms with Crippen LogP contribution in [0.15, 0.2) is 30.3 Å². The molecule has 0 amide bonds. The summed E-state index contributed by atoms with van der Waals surface area (Å²) >= 11 is 0. The SMILES string of the molecule is CCCCCC(CC)(Pc1c(C)cccc1CNC(C)C)c1cc(C(C)(C)C)cc(C)c1O. The normalized spacial score (nSPS) is 14.4. The third-order valence-corrected chi connectivity index (χ3v) is 9.23. The van der Waals surface area contributed by atoms with Gasteiger partial charge in [0, 0.05) is 23.3 Å². The van der Waals surface area contributed by atoms with Gasteiger partial charge in [-0.3, -0.25) is 0 Å². The number of hydrogen-bond donors (Lipinski definition) is 2. The molecule has 0 spiro atoms. The summed E-state index contributed by atoms with van der Waals surface area (Å²) in [6, 6.07) is 11.7. The highest BCUT2D eigenvalue weighted by Gasteiger charge is 2.35. The van der Waals surface area contributed by atoms with Crippen LogP contribution < -0.4 is 10.6 Å². The van der Waals surface area contributed by atoms with E-state index < -0.39 is 0 Å². The van der Waals surface area contributed by atoms with Gasteiger partial charge >= 0.3 is 0 Å². The van der Waals surface area contributed by atoms with E-state index in [0.29, 0.717) is 20.4 Å². The zero-order valence-corrected chi connectivity index (χ0v) is 23.7. The van der Waals surface area contributed by atoms with Crippen molar-refractivity contribution >= 4 is 13.9 Å². The van der Waals surface area contributed by atoms with Gasteiger partial charge in [0.15, 0.2) is 0 Å². The zero-order chi connectivity index (χ0) is 24.8. The molecule has 2 aromatic carbocycles. The first-order chi connectivity index (χ1) is 15.4. The Morgan fingerprint density at radius 1 is 1.00 bits per heavy atom. The lowest BCUT2D eigenvalue weighted by atomic mass is 9.80. The van der Waals surface area contributed by atoms with Crippen LogP contribution in [0.1, 0.15) is 108 Å². The molecule has 33 heavy (non-hydrogen) atoms. The molecule has 184 valence electrons. The molecule has 2 nitrogen and oxygen atoms in total. The number of phenols is 1. The number of benzene rings is 2. The van der Waals surface area contributed by atoms with Crippen molar-refractivity contribution in [2.75, 3.05) is 0 Å². The van der Waals surface area contributed by atoms with E-state index in [1.54, 1.807) is 0 Å². The maximum Gasteiger partial charge on any atom is 0.122 e. The highest BCUT2D eigenvalue weighted by molar-refractivity contribution is 7.48. The molecule has 2 N–H and O–H groups in total. The van der Waals surface area contributed by atoms with Gasteiger partial charge in [0.05, 0.1) is 0 Å². The molecular formula is C30H48NOP. The van der Waals surface area contributed by atoms with Crippen molar-refractivity contribution in [2.24, 2.45) is 0 Å². The molecule has 0 fully saturated rings. The molecule has 2 unspecified atom stereocenters. The molecule has 0 aliphatic rings. The lowest BCUT2D eigenvalue weighted by Gasteiger charge is -2.37. The Bertz CT molecular complexity index is 912. The second kappa shape index (κ2) is 11.9. The monoisotopic (exact) mass is 469 g/mol. The predicted octanol–water partition coefficient (Wildman–Crippen LogP) is 7.99. The first-order valence-corrected chi connectivity index (χ1v) is 13.9. The largest absolute Gasteiger partial charge is 0.507 e. The van der Waals surface area contributed by atoms with Gasteiger partial charge < -0.3 is 10.4 Å². The third-order valence-electron chi connectivity index (χ3n) is 6.92. The van der Waals surface area contributed by atoms with Crippen LogP contribution in [0.25, 0.3) is 0 Å². The van der Waals surface area contributed by atoms with Gasteiger partial charge in [-0.05, 0) is 59.7 Å². The Labute approximate surface area is 205 Å². The van der Waals surface area contributed by atoms with Crippen molar-refractivity contribution in [3.8, 4) is 5.75 Å². The van der Waals surface area contributed by atoms with E-state index in [-0.39, 0.29) is 10.6 Å². The van der Waals surface area contributed by atoms with E-state index >= 15 is 0 Å². The molecule has 0 heterocycles. The number of phenolic OH excluding ortho intramolecular Hbond substituents is 1. The summed E-state index contributed by atoms with van der Waals surface area (Å²) in [6.45, 7) is 21.0.